The van der Waals surface area contributed by atoms with Gasteiger partial charge in [0.1, 0.15) is 0 Å². The molecule has 0 aliphatic heterocycles. The number of aryl methyl sites for hydroxylation is 2. The van der Waals surface area contributed by atoms with Crippen LogP contribution in [0.1, 0.15) is 25.2 Å². The maximum atomic E-state index is 6.20. The number of nitrogens with zero attached hydrogens (tertiary/aromatic N) is 2. The first-order valence-electron chi connectivity index (χ1n) is 5.51. The minimum atomic E-state index is -0.0658. The quantitative estimate of drug-likeness (QED) is 0.860. The zero-order valence-corrected chi connectivity index (χ0v) is 11.1. The molecule has 1 aromatic heterocycles. The third-order valence-corrected chi connectivity index (χ3v) is 3.35. The lowest BCUT2D eigenvalue weighted by Crippen LogP contribution is -2.36. The van der Waals surface area contributed by atoms with Gasteiger partial charge < -0.3 is 10.5 Å². The van der Waals surface area contributed by atoms with Crippen molar-refractivity contribution in [2.75, 3.05) is 7.11 Å². The van der Waals surface area contributed by atoms with Gasteiger partial charge in [0.25, 0.3) is 0 Å². The summed E-state index contributed by atoms with van der Waals surface area (Å²) in [5.41, 5.74) is 7.89. The van der Waals surface area contributed by atoms with E-state index in [1.807, 2.05) is 25.5 Å². The monoisotopic (exact) mass is 245 g/mol. The number of hydrogen-bond acceptors (Lipinski definition) is 3. The van der Waals surface area contributed by atoms with Crippen LogP contribution < -0.4 is 5.73 Å². The summed E-state index contributed by atoms with van der Waals surface area (Å²) in [6.07, 6.45) is 0.694. The Bertz CT molecular complexity index is 351. The van der Waals surface area contributed by atoms with Gasteiger partial charge in [-0.25, -0.2) is 0 Å². The van der Waals surface area contributed by atoms with Crippen LogP contribution in [0.3, 0.4) is 0 Å². The molecule has 1 heterocycles. The number of aromatic nitrogens is 2. The van der Waals surface area contributed by atoms with Crippen molar-refractivity contribution in [3.8, 4) is 0 Å². The molecule has 0 fully saturated rings. The van der Waals surface area contributed by atoms with Gasteiger partial charge >= 0.3 is 0 Å². The number of halogens is 1. The molecule has 0 aliphatic carbocycles. The molecule has 0 amide bonds. The predicted molar refractivity (Wildman–Crippen MR) is 65.8 cm³/mol. The van der Waals surface area contributed by atoms with E-state index in [4.69, 9.17) is 22.1 Å². The minimum Gasteiger partial charge on any atom is -0.380 e. The molecule has 0 aromatic carbocycles. The first-order valence-corrected chi connectivity index (χ1v) is 5.89. The van der Waals surface area contributed by atoms with Gasteiger partial charge in [-0.1, -0.05) is 11.6 Å². The van der Waals surface area contributed by atoms with E-state index in [1.54, 1.807) is 7.11 Å². The van der Waals surface area contributed by atoms with Gasteiger partial charge in [-0.3, -0.25) is 4.68 Å². The molecule has 2 N–H and O–H groups in total. The van der Waals surface area contributed by atoms with Gasteiger partial charge in [-0.05, 0) is 20.8 Å². The lowest BCUT2D eigenvalue weighted by Gasteiger charge is -2.18. The van der Waals surface area contributed by atoms with Crippen molar-refractivity contribution in [2.24, 2.45) is 5.73 Å². The maximum Gasteiger partial charge on any atom is 0.0847 e. The van der Waals surface area contributed by atoms with Gasteiger partial charge in [0, 0.05) is 26.1 Å². The molecule has 0 radical (unpaired) electrons. The Kier molecular flexibility index (Phi) is 4.77. The summed E-state index contributed by atoms with van der Waals surface area (Å²) in [6, 6.07) is -0.0658. The van der Waals surface area contributed by atoms with Crippen LogP contribution in [0.5, 0.6) is 0 Å². The molecule has 0 aliphatic rings. The van der Waals surface area contributed by atoms with Gasteiger partial charge in [-0.15, -0.1) is 0 Å². The molecule has 2 unspecified atom stereocenters. The highest BCUT2D eigenvalue weighted by molar-refractivity contribution is 6.31. The van der Waals surface area contributed by atoms with Crippen molar-refractivity contribution in [3.63, 3.8) is 0 Å². The average molecular weight is 246 g/mol. The van der Waals surface area contributed by atoms with Crippen molar-refractivity contribution < 1.29 is 4.74 Å². The van der Waals surface area contributed by atoms with Crippen LogP contribution in [-0.4, -0.2) is 29.0 Å². The highest BCUT2D eigenvalue weighted by Crippen LogP contribution is 2.22. The third kappa shape index (κ3) is 2.75. The van der Waals surface area contributed by atoms with Crippen LogP contribution >= 0.6 is 11.6 Å². The molecule has 1 aromatic rings. The molecular weight excluding hydrogens is 226 g/mol. The van der Waals surface area contributed by atoms with Crippen molar-refractivity contribution in [1.82, 2.24) is 9.78 Å². The third-order valence-electron chi connectivity index (χ3n) is 2.86. The van der Waals surface area contributed by atoms with E-state index in [0.29, 0.717) is 6.42 Å². The lowest BCUT2D eigenvalue weighted by molar-refractivity contribution is 0.0950. The van der Waals surface area contributed by atoms with E-state index >= 15 is 0 Å². The van der Waals surface area contributed by atoms with Crippen LogP contribution in [0, 0.1) is 6.92 Å². The fourth-order valence-electron chi connectivity index (χ4n) is 1.63. The van der Waals surface area contributed by atoms with Crippen LogP contribution in [0.15, 0.2) is 0 Å². The predicted octanol–water partition coefficient (Wildman–Crippen LogP) is 1.77. The van der Waals surface area contributed by atoms with E-state index in [9.17, 15) is 0 Å². The molecule has 0 spiro atoms. The van der Waals surface area contributed by atoms with Crippen molar-refractivity contribution >= 4 is 11.6 Å². The lowest BCUT2D eigenvalue weighted by atomic mass is 10.1. The number of nitrogens with two attached hydrogens (primary N) is 1. The summed E-state index contributed by atoms with van der Waals surface area (Å²) in [6.45, 7) is 6.70. The Morgan fingerprint density at radius 2 is 2.19 bits per heavy atom. The molecule has 5 heteroatoms. The Morgan fingerprint density at radius 1 is 1.56 bits per heavy atom. The SMILES string of the molecule is CCn1nc(C)c(Cl)c1CC(N)C(C)OC. The summed E-state index contributed by atoms with van der Waals surface area (Å²) < 4.78 is 7.11. The fraction of sp³-hybridized carbons (Fsp3) is 0.727. The summed E-state index contributed by atoms with van der Waals surface area (Å²) >= 11 is 6.20. The normalized spacial score (nSPS) is 15.1. The summed E-state index contributed by atoms with van der Waals surface area (Å²) in [5, 5.41) is 5.08. The van der Waals surface area contributed by atoms with Crippen molar-refractivity contribution in [1.29, 1.82) is 0 Å². The first kappa shape index (κ1) is 13.5. The van der Waals surface area contributed by atoms with Crippen LogP contribution in [-0.2, 0) is 17.7 Å². The van der Waals surface area contributed by atoms with Crippen molar-refractivity contribution in [3.05, 3.63) is 16.4 Å². The van der Waals surface area contributed by atoms with Crippen LogP contribution in [0.4, 0.5) is 0 Å². The Hall–Kier alpha value is -0.580. The second-order valence-corrected chi connectivity index (χ2v) is 4.35. The zero-order valence-electron chi connectivity index (χ0n) is 10.3. The van der Waals surface area contributed by atoms with Gasteiger partial charge in [0.2, 0.25) is 0 Å². The second-order valence-electron chi connectivity index (χ2n) is 3.97. The minimum absolute atomic E-state index is 0.0107. The standard InChI is InChI=1S/C11H20ClN3O/c1-5-15-10(11(12)7(2)14-15)6-9(13)8(3)16-4/h8-9H,5-6,13H2,1-4H3. The average Bonchev–Trinajstić information content (AvgIpc) is 2.55. The van der Waals surface area contributed by atoms with E-state index in [1.165, 1.54) is 0 Å². The highest BCUT2D eigenvalue weighted by Gasteiger charge is 2.19. The summed E-state index contributed by atoms with van der Waals surface area (Å²) in [4.78, 5) is 0. The molecule has 1 rings (SSSR count). The molecule has 92 valence electrons. The number of rotatable bonds is 5. The molecule has 16 heavy (non-hydrogen) atoms. The molecule has 4 nitrogen and oxygen atoms in total. The second kappa shape index (κ2) is 5.66. The highest BCUT2D eigenvalue weighted by atomic mass is 35.5. The maximum absolute atomic E-state index is 6.20. The molecule has 0 saturated heterocycles. The largest absolute Gasteiger partial charge is 0.380 e. The summed E-state index contributed by atoms with van der Waals surface area (Å²) in [7, 11) is 1.66. The zero-order chi connectivity index (χ0) is 12.3. The smallest absolute Gasteiger partial charge is 0.0847 e. The van der Waals surface area contributed by atoms with Crippen molar-refractivity contribution in [2.45, 2.75) is 45.9 Å². The number of ether oxygens (including phenoxy) is 1. The Labute approximate surface area is 102 Å². The van der Waals surface area contributed by atoms with Gasteiger partial charge in [0.15, 0.2) is 0 Å². The van der Waals surface area contributed by atoms with E-state index in [2.05, 4.69) is 5.10 Å². The van der Waals surface area contributed by atoms with Gasteiger partial charge in [-0.2, -0.15) is 5.10 Å². The first-order chi connectivity index (χ1) is 7.51. The molecule has 0 saturated carbocycles. The molecular formula is C11H20ClN3O. The van der Waals surface area contributed by atoms with Crippen LogP contribution in [0.25, 0.3) is 0 Å². The van der Waals surface area contributed by atoms with E-state index < -0.39 is 0 Å². The van der Waals surface area contributed by atoms with Crippen LogP contribution in [0.2, 0.25) is 5.02 Å². The number of methoxy groups -OCH3 is 1. The number of hydrogen-bond donors (Lipinski definition) is 1. The van der Waals surface area contributed by atoms with E-state index in [0.717, 1.165) is 23.0 Å². The Balaban J connectivity index is 2.87. The Morgan fingerprint density at radius 3 is 2.69 bits per heavy atom. The fourth-order valence-corrected chi connectivity index (χ4v) is 1.84. The molecule has 2 atom stereocenters. The van der Waals surface area contributed by atoms with E-state index in [-0.39, 0.29) is 12.1 Å². The molecule has 0 bridgehead atoms. The summed E-state index contributed by atoms with van der Waals surface area (Å²) in [5.74, 6) is 0. The topological polar surface area (TPSA) is 53.1 Å². The van der Waals surface area contributed by atoms with Gasteiger partial charge in [0.05, 0.1) is 22.5 Å².